The summed E-state index contributed by atoms with van der Waals surface area (Å²) in [5, 5.41) is 0. The molecule has 0 spiro atoms. The van der Waals surface area contributed by atoms with Gasteiger partial charge < -0.3 is 14.4 Å². The van der Waals surface area contributed by atoms with Crippen molar-refractivity contribution in [1.82, 2.24) is 4.90 Å². The normalized spacial score (nSPS) is 10.7. The summed E-state index contributed by atoms with van der Waals surface area (Å²) in [5.41, 5.74) is 4.22. The van der Waals surface area contributed by atoms with Gasteiger partial charge in [-0.05, 0) is 48.1 Å². The predicted octanol–water partition coefficient (Wildman–Crippen LogP) is 6.57. The number of carbonyl (C=O) groups is 2. The average molecular weight is 468 g/mol. The van der Waals surface area contributed by atoms with Crippen LogP contribution in [-0.2, 0) is 27.3 Å². The molecule has 0 heterocycles. The first-order chi connectivity index (χ1) is 16.5. The van der Waals surface area contributed by atoms with Crippen LogP contribution in [0.25, 0.3) is 11.1 Å². The van der Waals surface area contributed by atoms with Crippen LogP contribution in [0, 0.1) is 0 Å². The molecule has 0 N–H and O–H groups in total. The second kappa shape index (κ2) is 15.2. The van der Waals surface area contributed by atoms with Crippen molar-refractivity contribution in [3.8, 4) is 16.9 Å². The molecule has 0 aliphatic heterocycles. The zero-order valence-corrected chi connectivity index (χ0v) is 21.4. The lowest BCUT2D eigenvalue weighted by Gasteiger charge is -2.18. The summed E-state index contributed by atoms with van der Waals surface area (Å²) in [5.74, 6) is 0.808. The number of aryl methyl sites for hydroxylation is 1. The second-order valence-electron chi connectivity index (χ2n) is 8.87. The molecule has 0 unspecified atom stereocenters. The number of ether oxygens (including phenoxy) is 2. The minimum atomic E-state index is -0.214. The van der Waals surface area contributed by atoms with Gasteiger partial charge in [-0.1, -0.05) is 69.9 Å². The summed E-state index contributed by atoms with van der Waals surface area (Å²) in [7, 11) is 3.29. The van der Waals surface area contributed by atoms with E-state index in [1.807, 2.05) is 30.1 Å². The molecule has 186 valence electrons. The van der Waals surface area contributed by atoms with E-state index >= 15 is 0 Å². The van der Waals surface area contributed by atoms with Crippen molar-refractivity contribution in [2.45, 2.75) is 78.2 Å². The Kier molecular flexibility index (Phi) is 12.2. The molecule has 0 bridgehead atoms. The van der Waals surface area contributed by atoms with Gasteiger partial charge in [-0.25, -0.2) is 0 Å². The quantitative estimate of drug-likeness (QED) is 0.220. The van der Waals surface area contributed by atoms with Gasteiger partial charge in [0.2, 0.25) is 5.91 Å². The number of hydrogen-bond acceptors (Lipinski definition) is 4. The van der Waals surface area contributed by atoms with E-state index in [2.05, 4.69) is 38.1 Å². The van der Waals surface area contributed by atoms with Crippen LogP contribution in [0.2, 0.25) is 0 Å². The van der Waals surface area contributed by atoms with Crippen molar-refractivity contribution in [1.29, 1.82) is 0 Å². The van der Waals surface area contributed by atoms with Gasteiger partial charge in [0, 0.05) is 32.0 Å². The van der Waals surface area contributed by atoms with Gasteiger partial charge in [-0.2, -0.15) is 0 Å². The smallest absolute Gasteiger partial charge is 0.305 e. The standard InChI is InChI=1S/C29H41NO4/c1-5-7-9-10-14-28(31)30(3)22-24-12-11-13-25(20-24)26-17-15-23(16-18-29(32)33-4)21-27(26)34-19-8-6-2/h11-13,15,17,20-21H,5-10,14,16,18-19,22H2,1-4H3. The molecular formula is C29H41NO4. The molecule has 2 aromatic rings. The van der Waals surface area contributed by atoms with Crippen molar-refractivity contribution in [2.75, 3.05) is 20.8 Å². The van der Waals surface area contributed by atoms with Crippen LogP contribution < -0.4 is 4.74 Å². The molecule has 0 aliphatic rings. The monoisotopic (exact) mass is 467 g/mol. The number of hydrogen-bond donors (Lipinski definition) is 0. The van der Waals surface area contributed by atoms with E-state index in [0.29, 0.717) is 32.4 Å². The first kappa shape index (κ1) is 27.4. The van der Waals surface area contributed by atoms with Gasteiger partial charge >= 0.3 is 5.97 Å². The summed E-state index contributed by atoms with van der Waals surface area (Å²) >= 11 is 0. The fraction of sp³-hybridized carbons (Fsp3) is 0.517. The first-order valence-electron chi connectivity index (χ1n) is 12.6. The number of amides is 1. The molecule has 0 fully saturated rings. The maximum atomic E-state index is 12.5. The Morgan fingerprint density at radius 1 is 0.882 bits per heavy atom. The summed E-state index contributed by atoms with van der Waals surface area (Å²) in [6.45, 7) is 5.56. The van der Waals surface area contributed by atoms with Crippen molar-refractivity contribution >= 4 is 11.9 Å². The minimum absolute atomic E-state index is 0.194. The SMILES string of the molecule is CCCCCCC(=O)N(C)Cc1cccc(-c2ccc(CCC(=O)OC)cc2OCCCC)c1. The highest BCUT2D eigenvalue weighted by Crippen LogP contribution is 2.32. The van der Waals surface area contributed by atoms with E-state index < -0.39 is 0 Å². The lowest BCUT2D eigenvalue weighted by molar-refractivity contribution is -0.140. The minimum Gasteiger partial charge on any atom is -0.493 e. The van der Waals surface area contributed by atoms with Crippen LogP contribution >= 0.6 is 0 Å². The zero-order chi connectivity index (χ0) is 24.8. The lowest BCUT2D eigenvalue weighted by Crippen LogP contribution is -2.25. The number of methoxy groups -OCH3 is 1. The molecule has 5 nitrogen and oxygen atoms in total. The average Bonchev–Trinajstić information content (AvgIpc) is 2.85. The molecule has 0 atom stereocenters. The number of rotatable bonds is 15. The maximum Gasteiger partial charge on any atom is 0.305 e. The first-order valence-corrected chi connectivity index (χ1v) is 12.6. The van der Waals surface area contributed by atoms with Gasteiger partial charge in [-0.15, -0.1) is 0 Å². The number of benzene rings is 2. The number of carbonyl (C=O) groups excluding carboxylic acids is 2. The molecule has 5 heteroatoms. The molecule has 0 aromatic heterocycles. The van der Waals surface area contributed by atoms with E-state index in [4.69, 9.17) is 9.47 Å². The Bertz CT molecular complexity index is 909. The Hall–Kier alpha value is -2.82. The van der Waals surface area contributed by atoms with Crippen molar-refractivity contribution in [2.24, 2.45) is 0 Å². The van der Waals surface area contributed by atoms with E-state index in [1.165, 1.54) is 20.0 Å². The third kappa shape index (κ3) is 9.20. The van der Waals surface area contributed by atoms with Crippen molar-refractivity contribution in [3.63, 3.8) is 0 Å². The molecule has 0 saturated carbocycles. The summed E-state index contributed by atoms with van der Waals surface area (Å²) in [4.78, 5) is 25.9. The van der Waals surface area contributed by atoms with E-state index in [0.717, 1.165) is 53.7 Å². The molecule has 0 radical (unpaired) electrons. The second-order valence-corrected chi connectivity index (χ2v) is 8.87. The maximum absolute atomic E-state index is 12.5. The molecule has 2 aromatic carbocycles. The van der Waals surface area contributed by atoms with Crippen molar-refractivity contribution < 1.29 is 19.1 Å². The summed E-state index contributed by atoms with van der Waals surface area (Å²) < 4.78 is 10.9. The van der Waals surface area contributed by atoms with Gasteiger partial charge in [0.15, 0.2) is 0 Å². The third-order valence-electron chi connectivity index (χ3n) is 5.97. The highest BCUT2D eigenvalue weighted by molar-refractivity contribution is 5.76. The van der Waals surface area contributed by atoms with Crippen LogP contribution in [0.3, 0.4) is 0 Å². The zero-order valence-electron chi connectivity index (χ0n) is 21.4. The Morgan fingerprint density at radius 2 is 1.68 bits per heavy atom. The summed E-state index contributed by atoms with van der Waals surface area (Å²) in [6.07, 6.45) is 8.04. The van der Waals surface area contributed by atoms with Crippen LogP contribution in [0.5, 0.6) is 5.75 Å². The number of esters is 1. The molecule has 34 heavy (non-hydrogen) atoms. The van der Waals surface area contributed by atoms with Crippen LogP contribution in [0.4, 0.5) is 0 Å². The number of nitrogens with zero attached hydrogens (tertiary/aromatic N) is 1. The third-order valence-corrected chi connectivity index (χ3v) is 5.97. The van der Waals surface area contributed by atoms with Gasteiger partial charge in [0.25, 0.3) is 0 Å². The molecule has 2 rings (SSSR count). The Labute approximate surface area is 205 Å². The van der Waals surface area contributed by atoms with E-state index in [9.17, 15) is 9.59 Å². The fourth-order valence-electron chi connectivity index (χ4n) is 3.85. The van der Waals surface area contributed by atoms with Gasteiger partial charge in [0.1, 0.15) is 5.75 Å². The van der Waals surface area contributed by atoms with Gasteiger partial charge in [-0.3, -0.25) is 9.59 Å². The number of unbranched alkanes of at least 4 members (excludes halogenated alkanes) is 4. The van der Waals surface area contributed by atoms with Crippen LogP contribution in [-0.4, -0.2) is 37.5 Å². The van der Waals surface area contributed by atoms with E-state index in [1.54, 1.807) is 0 Å². The highest BCUT2D eigenvalue weighted by Gasteiger charge is 2.13. The molecular weight excluding hydrogens is 426 g/mol. The Balaban J connectivity index is 2.15. The van der Waals surface area contributed by atoms with Crippen LogP contribution in [0.15, 0.2) is 42.5 Å². The molecule has 0 aliphatic carbocycles. The molecule has 0 saturated heterocycles. The largest absolute Gasteiger partial charge is 0.493 e. The fourth-order valence-corrected chi connectivity index (χ4v) is 3.85. The summed E-state index contributed by atoms with van der Waals surface area (Å²) in [6, 6.07) is 14.5. The lowest BCUT2D eigenvalue weighted by atomic mass is 9.99. The predicted molar refractivity (Wildman–Crippen MR) is 138 cm³/mol. The van der Waals surface area contributed by atoms with E-state index in [-0.39, 0.29) is 11.9 Å². The van der Waals surface area contributed by atoms with Crippen LogP contribution in [0.1, 0.15) is 76.3 Å². The topological polar surface area (TPSA) is 55.8 Å². The Morgan fingerprint density at radius 3 is 2.41 bits per heavy atom. The molecule has 1 amide bonds. The van der Waals surface area contributed by atoms with Crippen molar-refractivity contribution in [3.05, 3.63) is 53.6 Å². The van der Waals surface area contributed by atoms with Gasteiger partial charge in [0.05, 0.1) is 13.7 Å². The highest BCUT2D eigenvalue weighted by atomic mass is 16.5.